The molecule has 8 heteroatoms. The Kier molecular flexibility index (Phi) is 13.7. The van der Waals surface area contributed by atoms with Crippen molar-refractivity contribution < 1.29 is 19.5 Å². The van der Waals surface area contributed by atoms with Gasteiger partial charge in [0.15, 0.2) is 0 Å². The molecule has 0 aliphatic heterocycles. The highest BCUT2D eigenvalue weighted by molar-refractivity contribution is 6.40. The van der Waals surface area contributed by atoms with Crippen LogP contribution in [0.5, 0.6) is 0 Å². The molecule has 0 fully saturated rings. The summed E-state index contributed by atoms with van der Waals surface area (Å²) < 4.78 is 2.11. The average molecular weight is 828 g/mol. The zero-order valence-electron chi connectivity index (χ0n) is 36.9. The lowest BCUT2D eigenvalue weighted by Crippen LogP contribution is -2.31. The van der Waals surface area contributed by atoms with Crippen LogP contribution in [0.1, 0.15) is 82.9 Å². The third-order valence-corrected chi connectivity index (χ3v) is 11.7. The number of ketones is 1. The molecule has 2 amide bonds. The lowest BCUT2D eigenvalue weighted by Gasteiger charge is -2.29. The minimum atomic E-state index is -0.373. The number of anilines is 2. The molecule has 3 aromatic carbocycles. The molecule has 318 valence electrons. The molecule has 0 saturated heterocycles. The second kappa shape index (κ2) is 19.4. The summed E-state index contributed by atoms with van der Waals surface area (Å²) in [5, 5.41) is 18.3. The fraction of sp³-hybridized carbons (Fsp3) is 0.296. The quantitative estimate of drug-likeness (QED) is 0.0986. The van der Waals surface area contributed by atoms with Gasteiger partial charge in [0.05, 0.1) is 35.4 Å². The number of unbranched alkanes of at least 4 members (excludes halogenated alkanes) is 2. The van der Waals surface area contributed by atoms with Gasteiger partial charge in [0.1, 0.15) is 5.76 Å². The van der Waals surface area contributed by atoms with Crippen LogP contribution in [0, 0.1) is 25.7 Å². The predicted molar refractivity (Wildman–Crippen MR) is 255 cm³/mol. The third-order valence-electron chi connectivity index (χ3n) is 11.7. The third kappa shape index (κ3) is 9.97. The molecule has 0 heterocycles. The first-order chi connectivity index (χ1) is 29.9. The molecule has 0 radical (unpaired) electrons. The Morgan fingerprint density at radius 1 is 0.710 bits per heavy atom. The lowest BCUT2D eigenvalue weighted by molar-refractivity contribution is -0.119. The standard InChI is InChI=1S/C54H58N4O4/c1-7-9-27-57(28-10-8-2)43-23-25-45(47(33-43)55-49(59)31-39-17-11-37(5)29-39)51-53(61)52(54(51)62)46-26-24-44(34-48(46)56-50(60)32-40-18-12-38(6)30-40)58(41-19-13-35(3)14-20-41)42-21-15-36(4)16-22-42/h11-26,29-30,33-34,37-38H,7-10,27-28,31-32H2,1-6H3,(H2,55,56,59,60,61,62)/p+1. The van der Waals surface area contributed by atoms with Gasteiger partial charge >= 0.3 is 0 Å². The predicted octanol–water partition coefficient (Wildman–Crippen LogP) is 11.4. The van der Waals surface area contributed by atoms with Crippen molar-refractivity contribution in [3.05, 3.63) is 172 Å². The molecular formula is C54H59N4O4+. The van der Waals surface area contributed by atoms with Gasteiger partial charge in [-0.25, -0.2) is 0 Å². The number of allylic oxidation sites excluding steroid dienone is 11. The van der Waals surface area contributed by atoms with E-state index in [-0.39, 0.29) is 59.2 Å². The summed E-state index contributed by atoms with van der Waals surface area (Å²) in [5.41, 5.74) is 9.64. The van der Waals surface area contributed by atoms with Gasteiger partial charge in [-0.3, -0.25) is 14.4 Å². The molecule has 4 aliphatic rings. The van der Waals surface area contributed by atoms with E-state index in [2.05, 4.69) is 121 Å². The number of nitrogens with zero attached hydrogens (tertiary/aromatic N) is 2. The van der Waals surface area contributed by atoms with Crippen LogP contribution in [-0.4, -0.2) is 41.5 Å². The average Bonchev–Trinajstić information content (AvgIpc) is 3.86. The van der Waals surface area contributed by atoms with E-state index in [1.54, 1.807) is 6.08 Å². The zero-order valence-corrected chi connectivity index (χ0v) is 36.9. The second-order valence-corrected chi connectivity index (χ2v) is 17.0. The van der Waals surface area contributed by atoms with E-state index in [0.29, 0.717) is 22.5 Å². The first-order valence-corrected chi connectivity index (χ1v) is 22.1. The molecule has 3 N–H and O–H groups in total. The monoisotopic (exact) mass is 827 g/mol. The number of aryl methyl sites for hydroxylation is 2. The molecule has 7 rings (SSSR count). The van der Waals surface area contributed by atoms with Crippen LogP contribution in [0.4, 0.5) is 22.7 Å². The van der Waals surface area contributed by atoms with Gasteiger partial charge in [-0.15, -0.1) is 0 Å². The number of aliphatic hydroxyl groups is 1. The van der Waals surface area contributed by atoms with Crippen molar-refractivity contribution in [1.82, 2.24) is 9.89 Å². The van der Waals surface area contributed by atoms with E-state index < -0.39 is 0 Å². The van der Waals surface area contributed by atoms with E-state index in [1.807, 2.05) is 56.4 Å². The van der Waals surface area contributed by atoms with Gasteiger partial charge in [-0.1, -0.05) is 112 Å². The van der Waals surface area contributed by atoms with Crippen LogP contribution in [0.3, 0.4) is 0 Å². The molecule has 0 saturated carbocycles. The van der Waals surface area contributed by atoms with E-state index in [9.17, 15) is 19.5 Å². The molecule has 2 atom stereocenters. The van der Waals surface area contributed by atoms with Crippen molar-refractivity contribution >= 4 is 51.6 Å². The van der Waals surface area contributed by atoms with Crippen LogP contribution in [-0.2, 0) is 14.4 Å². The van der Waals surface area contributed by atoms with E-state index >= 15 is 0 Å². The number of carbonyl (C=O) groups is 3. The summed E-state index contributed by atoms with van der Waals surface area (Å²) in [5.74, 6) is -0.482. The van der Waals surface area contributed by atoms with Crippen molar-refractivity contribution in [3.63, 3.8) is 0 Å². The lowest BCUT2D eigenvalue weighted by atomic mass is 9.78. The number of hydrogen-bond acceptors (Lipinski definition) is 5. The summed E-state index contributed by atoms with van der Waals surface area (Å²) in [6.07, 6.45) is 22.3. The molecule has 0 spiro atoms. The number of benzene rings is 3. The van der Waals surface area contributed by atoms with Crippen molar-refractivity contribution in [3.8, 4) is 0 Å². The van der Waals surface area contributed by atoms with Crippen molar-refractivity contribution in [2.24, 2.45) is 11.8 Å². The van der Waals surface area contributed by atoms with Crippen LogP contribution < -0.4 is 20.1 Å². The smallest absolute Gasteiger partial charge is 0.228 e. The number of nitrogens with one attached hydrogen (secondary N) is 2. The number of Topliss-reactive ketones (excluding diaryl/α,β-unsaturated/α-hetero) is 1. The summed E-state index contributed by atoms with van der Waals surface area (Å²) in [6.45, 7) is 14.3. The van der Waals surface area contributed by atoms with Gasteiger partial charge in [0, 0.05) is 66.3 Å². The van der Waals surface area contributed by atoms with Crippen LogP contribution in [0.25, 0.3) is 5.57 Å². The van der Waals surface area contributed by atoms with Gasteiger partial charge in [-0.2, -0.15) is 4.58 Å². The van der Waals surface area contributed by atoms with Gasteiger partial charge in [0.2, 0.25) is 34.7 Å². The molecule has 0 aromatic heterocycles. The minimum Gasteiger partial charge on any atom is -0.506 e. The van der Waals surface area contributed by atoms with Crippen molar-refractivity contribution in [2.45, 2.75) is 80.1 Å². The highest BCUT2D eigenvalue weighted by Crippen LogP contribution is 2.44. The first kappa shape index (κ1) is 43.5. The van der Waals surface area contributed by atoms with E-state index in [0.717, 1.165) is 83.8 Å². The Balaban J connectivity index is 1.32. The maximum absolute atomic E-state index is 14.6. The van der Waals surface area contributed by atoms with Gasteiger partial charge in [-0.05, 0) is 73.9 Å². The Bertz CT molecular complexity index is 2480. The summed E-state index contributed by atoms with van der Waals surface area (Å²) in [4.78, 5) is 44.3. The van der Waals surface area contributed by atoms with Crippen molar-refractivity contribution in [2.75, 3.05) is 23.3 Å². The largest absolute Gasteiger partial charge is 0.506 e. The number of rotatable bonds is 16. The normalized spacial score (nSPS) is 19.0. The number of aliphatic hydroxyl groups excluding tert-OH is 1. The maximum atomic E-state index is 14.6. The summed E-state index contributed by atoms with van der Waals surface area (Å²) in [6, 6.07) is 22.2. The molecule has 62 heavy (non-hydrogen) atoms. The molecular weight excluding hydrogens is 769 g/mol. The Hall–Kier alpha value is -6.54. The van der Waals surface area contributed by atoms with Crippen molar-refractivity contribution in [1.29, 1.82) is 0 Å². The van der Waals surface area contributed by atoms with Gasteiger partial charge in [0.25, 0.3) is 0 Å². The van der Waals surface area contributed by atoms with Crippen LogP contribution in [0.15, 0.2) is 155 Å². The fourth-order valence-corrected chi connectivity index (χ4v) is 8.29. The highest BCUT2D eigenvalue weighted by atomic mass is 16.3. The van der Waals surface area contributed by atoms with E-state index in [4.69, 9.17) is 0 Å². The summed E-state index contributed by atoms with van der Waals surface area (Å²) >= 11 is 0. The topological polar surface area (TPSA) is 102 Å². The SMILES string of the molecule is CCCCN(CCCC)c1ccc(C2=C(O)/C(=C3\C=CC(=[N+](c4ccc(C)cc4)c4ccc(C)cc4)C=C3NC(=O)CC3=CC(C)C=C3)C2=O)c(NC(=O)CC2=CC(C)C=C2)c1. The fourth-order valence-electron chi connectivity index (χ4n) is 8.29. The van der Waals surface area contributed by atoms with Crippen LogP contribution >= 0.6 is 0 Å². The molecule has 4 aliphatic carbocycles. The number of carbonyl (C=O) groups excluding carboxylic acids is 3. The summed E-state index contributed by atoms with van der Waals surface area (Å²) in [7, 11) is 0. The number of amides is 2. The molecule has 2 unspecified atom stereocenters. The number of hydrogen-bond donors (Lipinski definition) is 3. The maximum Gasteiger partial charge on any atom is 0.228 e. The Labute approximate surface area is 366 Å². The molecule has 8 nitrogen and oxygen atoms in total. The first-order valence-electron chi connectivity index (χ1n) is 22.1. The molecule has 3 aromatic rings. The van der Waals surface area contributed by atoms with Crippen LogP contribution in [0.2, 0.25) is 0 Å². The zero-order chi connectivity index (χ0) is 43.9. The Morgan fingerprint density at radius 2 is 1.26 bits per heavy atom. The van der Waals surface area contributed by atoms with Gasteiger partial charge < -0.3 is 20.6 Å². The minimum absolute atomic E-state index is 0.108. The second-order valence-electron chi connectivity index (χ2n) is 17.0. The van der Waals surface area contributed by atoms with E-state index in [1.165, 1.54) is 0 Å². The highest BCUT2D eigenvalue weighted by Gasteiger charge is 2.40. The molecule has 0 bridgehead atoms. The Morgan fingerprint density at radius 3 is 1.76 bits per heavy atom.